The maximum atomic E-state index is 12.9. The van der Waals surface area contributed by atoms with Crippen LogP contribution in [0.15, 0.2) is 30.3 Å². The SMILES string of the molecule is COC(=O)C1(C(C[N+](=O)[O-])c2ccccc2)CCCN(C(=O)OC(C)(C)C)C1. The first-order valence-corrected chi connectivity index (χ1v) is 9.32. The van der Waals surface area contributed by atoms with E-state index in [9.17, 15) is 19.7 Å². The summed E-state index contributed by atoms with van der Waals surface area (Å²) in [5.74, 6) is -1.27. The Hall–Kier alpha value is -2.64. The number of nitro groups is 1. The molecule has 28 heavy (non-hydrogen) atoms. The van der Waals surface area contributed by atoms with Crippen LogP contribution in [0.1, 0.15) is 45.1 Å². The van der Waals surface area contributed by atoms with Gasteiger partial charge in [-0.15, -0.1) is 0 Å². The number of esters is 1. The lowest BCUT2D eigenvalue weighted by atomic mass is 9.67. The molecule has 0 aromatic heterocycles. The van der Waals surface area contributed by atoms with E-state index in [4.69, 9.17) is 9.47 Å². The molecule has 0 aliphatic carbocycles. The van der Waals surface area contributed by atoms with Gasteiger partial charge in [-0.2, -0.15) is 0 Å². The van der Waals surface area contributed by atoms with Gasteiger partial charge in [-0.25, -0.2) is 4.79 Å². The Morgan fingerprint density at radius 3 is 2.46 bits per heavy atom. The number of methoxy groups -OCH3 is 1. The molecule has 0 spiro atoms. The van der Waals surface area contributed by atoms with E-state index in [0.29, 0.717) is 24.9 Å². The fourth-order valence-electron chi connectivity index (χ4n) is 3.80. The molecule has 1 aliphatic rings. The van der Waals surface area contributed by atoms with Crippen LogP contribution in [-0.2, 0) is 14.3 Å². The first-order valence-electron chi connectivity index (χ1n) is 9.32. The molecule has 8 nitrogen and oxygen atoms in total. The fourth-order valence-corrected chi connectivity index (χ4v) is 3.80. The summed E-state index contributed by atoms with van der Waals surface area (Å²) in [6.45, 7) is 5.31. The number of nitrogens with zero attached hydrogens (tertiary/aromatic N) is 2. The van der Waals surface area contributed by atoms with E-state index >= 15 is 0 Å². The molecule has 0 bridgehead atoms. The lowest BCUT2D eigenvalue weighted by molar-refractivity contribution is -0.486. The second-order valence-electron chi connectivity index (χ2n) is 8.13. The zero-order valence-electron chi connectivity index (χ0n) is 16.8. The molecule has 154 valence electrons. The second kappa shape index (κ2) is 8.58. The van der Waals surface area contributed by atoms with Gasteiger partial charge in [0.15, 0.2) is 0 Å². The van der Waals surface area contributed by atoms with Crippen molar-refractivity contribution in [1.82, 2.24) is 4.90 Å². The van der Waals surface area contributed by atoms with Crippen molar-refractivity contribution in [3.8, 4) is 0 Å². The van der Waals surface area contributed by atoms with Crippen LogP contribution < -0.4 is 0 Å². The Balaban J connectivity index is 2.44. The highest BCUT2D eigenvalue weighted by atomic mass is 16.6. The lowest BCUT2D eigenvalue weighted by Gasteiger charge is -2.44. The van der Waals surface area contributed by atoms with E-state index in [0.717, 1.165) is 0 Å². The third-order valence-electron chi connectivity index (χ3n) is 4.97. The number of hydrogen-bond donors (Lipinski definition) is 0. The Morgan fingerprint density at radius 2 is 1.93 bits per heavy atom. The van der Waals surface area contributed by atoms with Gasteiger partial charge in [0, 0.05) is 18.0 Å². The Labute approximate surface area is 164 Å². The average molecular weight is 392 g/mol. The van der Waals surface area contributed by atoms with Crippen molar-refractivity contribution in [1.29, 1.82) is 0 Å². The highest BCUT2D eigenvalue weighted by Gasteiger charge is 2.53. The summed E-state index contributed by atoms with van der Waals surface area (Å²) in [5, 5.41) is 11.4. The number of likely N-dealkylation sites (tertiary alicyclic amines) is 1. The first kappa shape index (κ1) is 21.7. The number of carbonyl (C=O) groups excluding carboxylic acids is 2. The standard InChI is InChI=1S/C20H28N2O6/c1-19(2,3)28-18(24)21-12-8-11-20(14-21,17(23)27-4)16(13-22(25)26)15-9-6-5-7-10-15/h5-7,9-10,16H,8,11-14H2,1-4H3. The van der Waals surface area contributed by atoms with Gasteiger partial charge in [0.05, 0.1) is 18.4 Å². The van der Waals surface area contributed by atoms with Crippen molar-refractivity contribution in [2.45, 2.75) is 45.1 Å². The zero-order valence-corrected chi connectivity index (χ0v) is 16.8. The third-order valence-corrected chi connectivity index (χ3v) is 4.97. The number of benzene rings is 1. The molecule has 1 amide bonds. The van der Waals surface area contributed by atoms with E-state index in [1.165, 1.54) is 12.0 Å². The summed E-state index contributed by atoms with van der Waals surface area (Å²) >= 11 is 0. The third kappa shape index (κ3) is 4.99. The van der Waals surface area contributed by atoms with Crippen LogP contribution in [0.4, 0.5) is 4.79 Å². The Kier molecular flexibility index (Phi) is 6.64. The number of rotatable bonds is 5. The summed E-state index contributed by atoms with van der Waals surface area (Å²) < 4.78 is 10.5. The second-order valence-corrected chi connectivity index (χ2v) is 8.13. The number of ether oxygens (including phenoxy) is 2. The van der Waals surface area contributed by atoms with Crippen molar-refractivity contribution < 1.29 is 24.0 Å². The maximum absolute atomic E-state index is 12.9. The van der Waals surface area contributed by atoms with Crippen molar-refractivity contribution in [3.05, 3.63) is 46.0 Å². The smallest absolute Gasteiger partial charge is 0.410 e. The van der Waals surface area contributed by atoms with Gasteiger partial charge in [-0.3, -0.25) is 14.9 Å². The molecule has 1 fully saturated rings. The van der Waals surface area contributed by atoms with Crippen molar-refractivity contribution in [2.75, 3.05) is 26.7 Å². The van der Waals surface area contributed by atoms with Gasteiger partial charge in [0.2, 0.25) is 6.54 Å². The minimum Gasteiger partial charge on any atom is -0.469 e. The van der Waals surface area contributed by atoms with Gasteiger partial charge in [-0.05, 0) is 39.2 Å². The van der Waals surface area contributed by atoms with Crippen molar-refractivity contribution in [3.63, 3.8) is 0 Å². The maximum Gasteiger partial charge on any atom is 0.410 e. The van der Waals surface area contributed by atoms with Gasteiger partial charge in [-0.1, -0.05) is 30.3 Å². The monoisotopic (exact) mass is 392 g/mol. The minimum absolute atomic E-state index is 0.0159. The molecular weight excluding hydrogens is 364 g/mol. The minimum atomic E-state index is -1.21. The van der Waals surface area contributed by atoms with E-state index in [-0.39, 0.29) is 6.54 Å². The molecular formula is C20H28N2O6. The summed E-state index contributed by atoms with van der Waals surface area (Å²) in [7, 11) is 1.27. The predicted molar refractivity (Wildman–Crippen MR) is 103 cm³/mol. The summed E-state index contributed by atoms with van der Waals surface area (Å²) in [6, 6.07) is 8.91. The molecule has 1 heterocycles. The predicted octanol–water partition coefficient (Wildman–Crippen LogP) is 3.24. The first-order chi connectivity index (χ1) is 13.1. The van der Waals surface area contributed by atoms with E-state index in [1.807, 2.05) is 6.07 Å². The number of carbonyl (C=O) groups is 2. The Morgan fingerprint density at radius 1 is 1.29 bits per heavy atom. The van der Waals surface area contributed by atoms with Crippen LogP contribution in [0.25, 0.3) is 0 Å². The normalized spacial score (nSPS) is 20.9. The molecule has 8 heteroatoms. The van der Waals surface area contributed by atoms with Gasteiger partial charge >= 0.3 is 12.1 Å². The number of hydrogen-bond acceptors (Lipinski definition) is 6. The number of amides is 1. The lowest BCUT2D eigenvalue weighted by Crippen LogP contribution is -2.55. The quantitative estimate of drug-likeness (QED) is 0.433. The van der Waals surface area contributed by atoms with E-state index < -0.39 is 40.5 Å². The van der Waals surface area contributed by atoms with Gasteiger partial charge in [0.25, 0.3) is 0 Å². The molecule has 0 saturated carbocycles. The van der Waals surface area contributed by atoms with Crippen molar-refractivity contribution in [2.24, 2.45) is 5.41 Å². The fraction of sp³-hybridized carbons (Fsp3) is 0.600. The molecule has 2 atom stereocenters. The average Bonchev–Trinajstić information content (AvgIpc) is 2.64. The molecule has 2 rings (SSSR count). The summed E-state index contributed by atoms with van der Waals surface area (Å²) in [4.78, 5) is 38.0. The van der Waals surface area contributed by atoms with Crippen LogP contribution in [0.3, 0.4) is 0 Å². The molecule has 1 saturated heterocycles. The Bertz CT molecular complexity index is 715. The summed E-state index contributed by atoms with van der Waals surface area (Å²) in [6.07, 6.45) is 0.385. The van der Waals surface area contributed by atoms with Crippen LogP contribution >= 0.6 is 0 Å². The summed E-state index contributed by atoms with van der Waals surface area (Å²) in [5.41, 5.74) is -1.21. The molecule has 0 N–H and O–H groups in total. The topological polar surface area (TPSA) is 99.0 Å². The van der Waals surface area contributed by atoms with Crippen LogP contribution in [-0.4, -0.2) is 54.2 Å². The largest absolute Gasteiger partial charge is 0.469 e. The molecule has 1 aliphatic heterocycles. The molecule has 2 unspecified atom stereocenters. The number of piperidine rings is 1. The van der Waals surface area contributed by atoms with Gasteiger partial charge in [0.1, 0.15) is 5.60 Å². The zero-order chi connectivity index (χ0) is 20.9. The van der Waals surface area contributed by atoms with E-state index in [2.05, 4.69) is 0 Å². The van der Waals surface area contributed by atoms with Gasteiger partial charge < -0.3 is 14.4 Å². The van der Waals surface area contributed by atoms with E-state index in [1.54, 1.807) is 45.0 Å². The van der Waals surface area contributed by atoms with Crippen LogP contribution in [0, 0.1) is 15.5 Å². The molecule has 0 radical (unpaired) electrons. The molecule has 1 aromatic carbocycles. The van der Waals surface area contributed by atoms with Crippen LogP contribution in [0.2, 0.25) is 0 Å². The highest BCUT2D eigenvalue weighted by molar-refractivity contribution is 5.80. The highest BCUT2D eigenvalue weighted by Crippen LogP contribution is 2.44. The molecule has 1 aromatic rings. The van der Waals surface area contributed by atoms with Crippen LogP contribution in [0.5, 0.6) is 0 Å². The van der Waals surface area contributed by atoms with Crippen molar-refractivity contribution >= 4 is 12.1 Å².